The van der Waals surface area contributed by atoms with Crippen molar-refractivity contribution in [1.29, 1.82) is 0 Å². The number of hydrogen-bond acceptors (Lipinski definition) is 2. The molecule has 0 radical (unpaired) electrons. The molecule has 1 aromatic carbocycles. The van der Waals surface area contributed by atoms with Crippen molar-refractivity contribution in [3.8, 4) is 0 Å². The molecule has 1 N–H and O–H groups in total. The standard InChI is InChI=1S/C17H23NO/c1-5-9-12(3)18-13(4)17-14(6-2)15-10-7-8-11-16(15)19-17/h5,7-8,10-13,18H,1,6,9H2,2-4H3. The Morgan fingerprint density at radius 1 is 1.32 bits per heavy atom. The number of para-hydroxylation sites is 1. The predicted molar refractivity (Wildman–Crippen MR) is 81.4 cm³/mol. The van der Waals surface area contributed by atoms with Gasteiger partial charge in [0.05, 0.1) is 6.04 Å². The Hall–Kier alpha value is -1.54. The van der Waals surface area contributed by atoms with Crippen LogP contribution < -0.4 is 5.32 Å². The third kappa shape index (κ3) is 2.90. The summed E-state index contributed by atoms with van der Waals surface area (Å²) in [7, 11) is 0. The highest BCUT2D eigenvalue weighted by Gasteiger charge is 2.18. The molecule has 0 bridgehead atoms. The molecule has 19 heavy (non-hydrogen) atoms. The second-order valence-electron chi connectivity index (χ2n) is 5.11. The van der Waals surface area contributed by atoms with Gasteiger partial charge in [-0.3, -0.25) is 0 Å². The van der Waals surface area contributed by atoms with Crippen LogP contribution in [0.5, 0.6) is 0 Å². The second-order valence-corrected chi connectivity index (χ2v) is 5.11. The molecule has 1 heterocycles. The maximum Gasteiger partial charge on any atom is 0.134 e. The van der Waals surface area contributed by atoms with Crippen molar-refractivity contribution in [1.82, 2.24) is 5.32 Å². The van der Waals surface area contributed by atoms with Crippen LogP contribution in [0.2, 0.25) is 0 Å². The van der Waals surface area contributed by atoms with Crippen molar-refractivity contribution in [2.75, 3.05) is 0 Å². The third-order valence-corrected chi connectivity index (χ3v) is 3.53. The van der Waals surface area contributed by atoms with Crippen molar-refractivity contribution in [3.05, 3.63) is 48.2 Å². The first-order chi connectivity index (χ1) is 9.17. The van der Waals surface area contributed by atoms with Gasteiger partial charge in [-0.05, 0) is 32.8 Å². The van der Waals surface area contributed by atoms with Crippen molar-refractivity contribution < 1.29 is 4.42 Å². The molecule has 2 aromatic rings. The average molecular weight is 257 g/mol. The summed E-state index contributed by atoms with van der Waals surface area (Å²) in [5.41, 5.74) is 2.31. The van der Waals surface area contributed by atoms with Crippen molar-refractivity contribution in [3.63, 3.8) is 0 Å². The lowest BCUT2D eigenvalue weighted by Gasteiger charge is -2.18. The Balaban J connectivity index is 2.30. The van der Waals surface area contributed by atoms with Gasteiger partial charge < -0.3 is 9.73 Å². The fraction of sp³-hybridized carbons (Fsp3) is 0.412. The lowest BCUT2D eigenvalue weighted by atomic mass is 10.0. The zero-order chi connectivity index (χ0) is 13.8. The largest absolute Gasteiger partial charge is 0.459 e. The van der Waals surface area contributed by atoms with Gasteiger partial charge in [-0.1, -0.05) is 31.2 Å². The highest BCUT2D eigenvalue weighted by molar-refractivity contribution is 5.82. The molecule has 0 saturated carbocycles. The van der Waals surface area contributed by atoms with Crippen LogP contribution in [0.4, 0.5) is 0 Å². The number of furan rings is 1. The monoisotopic (exact) mass is 257 g/mol. The third-order valence-electron chi connectivity index (χ3n) is 3.53. The van der Waals surface area contributed by atoms with Gasteiger partial charge in [0.25, 0.3) is 0 Å². The number of rotatable bonds is 6. The summed E-state index contributed by atoms with van der Waals surface area (Å²) in [6.45, 7) is 10.3. The van der Waals surface area contributed by atoms with Gasteiger partial charge in [0.2, 0.25) is 0 Å². The highest BCUT2D eigenvalue weighted by atomic mass is 16.3. The molecule has 2 atom stereocenters. The Morgan fingerprint density at radius 2 is 2.05 bits per heavy atom. The van der Waals surface area contributed by atoms with Crippen LogP contribution in [-0.2, 0) is 6.42 Å². The molecule has 0 aliphatic heterocycles. The van der Waals surface area contributed by atoms with Crippen molar-refractivity contribution in [2.24, 2.45) is 0 Å². The summed E-state index contributed by atoms with van der Waals surface area (Å²) >= 11 is 0. The van der Waals surface area contributed by atoms with Crippen LogP contribution >= 0.6 is 0 Å². The van der Waals surface area contributed by atoms with E-state index in [9.17, 15) is 0 Å². The molecule has 102 valence electrons. The molecule has 0 saturated heterocycles. The summed E-state index contributed by atoms with van der Waals surface area (Å²) in [5.74, 6) is 1.07. The maximum atomic E-state index is 6.04. The minimum atomic E-state index is 0.220. The average Bonchev–Trinajstić information content (AvgIpc) is 2.77. The van der Waals surface area contributed by atoms with E-state index in [0.717, 1.165) is 24.2 Å². The van der Waals surface area contributed by atoms with Gasteiger partial charge in [-0.2, -0.15) is 0 Å². The first-order valence-electron chi connectivity index (χ1n) is 7.04. The fourth-order valence-corrected chi connectivity index (χ4v) is 2.65. The zero-order valence-corrected chi connectivity index (χ0v) is 12.1. The van der Waals surface area contributed by atoms with Crippen LogP contribution in [0.15, 0.2) is 41.3 Å². The lowest BCUT2D eigenvalue weighted by molar-refractivity contribution is 0.409. The summed E-state index contributed by atoms with van der Waals surface area (Å²) < 4.78 is 6.04. The van der Waals surface area contributed by atoms with Gasteiger partial charge in [0, 0.05) is 17.0 Å². The zero-order valence-electron chi connectivity index (χ0n) is 12.1. The molecule has 0 fully saturated rings. The quantitative estimate of drug-likeness (QED) is 0.764. The summed E-state index contributed by atoms with van der Waals surface area (Å²) in [4.78, 5) is 0. The van der Waals surface area contributed by atoms with Crippen LogP contribution in [0, 0.1) is 0 Å². The van der Waals surface area contributed by atoms with E-state index in [1.165, 1.54) is 10.9 Å². The Bertz CT molecular complexity index is 555. The van der Waals surface area contributed by atoms with Crippen LogP contribution in [0.25, 0.3) is 11.0 Å². The van der Waals surface area contributed by atoms with Gasteiger partial charge in [0.1, 0.15) is 11.3 Å². The summed E-state index contributed by atoms with van der Waals surface area (Å²) in [6, 6.07) is 8.90. The summed E-state index contributed by atoms with van der Waals surface area (Å²) in [6.07, 6.45) is 3.91. The molecule has 1 aromatic heterocycles. The Labute approximate surface area is 115 Å². The minimum Gasteiger partial charge on any atom is -0.459 e. The first kappa shape index (κ1) is 13.9. The van der Waals surface area contributed by atoms with Crippen molar-refractivity contribution >= 4 is 11.0 Å². The number of benzene rings is 1. The maximum absolute atomic E-state index is 6.04. The molecule has 2 nitrogen and oxygen atoms in total. The fourth-order valence-electron chi connectivity index (χ4n) is 2.65. The number of nitrogens with one attached hydrogen (secondary N) is 1. The molecule has 2 unspecified atom stereocenters. The van der Waals surface area contributed by atoms with Gasteiger partial charge in [-0.15, -0.1) is 6.58 Å². The topological polar surface area (TPSA) is 25.2 Å². The molecule has 2 rings (SSSR count). The van der Waals surface area contributed by atoms with Crippen LogP contribution in [0.1, 0.15) is 44.6 Å². The highest BCUT2D eigenvalue weighted by Crippen LogP contribution is 2.30. The normalized spacial score (nSPS) is 14.5. The van der Waals surface area contributed by atoms with Crippen molar-refractivity contribution in [2.45, 2.75) is 45.7 Å². The predicted octanol–water partition coefficient (Wildman–Crippen LogP) is 4.61. The van der Waals surface area contributed by atoms with Gasteiger partial charge in [-0.25, -0.2) is 0 Å². The molecular formula is C17H23NO. The number of aryl methyl sites for hydroxylation is 1. The van der Waals surface area contributed by atoms with E-state index in [-0.39, 0.29) is 6.04 Å². The molecule has 0 amide bonds. The Morgan fingerprint density at radius 3 is 2.74 bits per heavy atom. The molecule has 0 aliphatic rings. The lowest BCUT2D eigenvalue weighted by Crippen LogP contribution is -2.28. The van der Waals surface area contributed by atoms with Crippen LogP contribution in [-0.4, -0.2) is 6.04 Å². The first-order valence-corrected chi connectivity index (χ1v) is 7.04. The minimum absolute atomic E-state index is 0.220. The van der Waals surface area contributed by atoms with E-state index in [4.69, 9.17) is 4.42 Å². The SMILES string of the molecule is C=CCC(C)NC(C)c1oc2ccccc2c1CC. The summed E-state index contributed by atoms with van der Waals surface area (Å²) in [5, 5.41) is 4.81. The van der Waals surface area contributed by atoms with E-state index >= 15 is 0 Å². The van der Waals surface area contributed by atoms with Crippen LogP contribution in [0.3, 0.4) is 0 Å². The number of hydrogen-bond donors (Lipinski definition) is 1. The van der Waals surface area contributed by atoms with E-state index in [1.54, 1.807) is 0 Å². The smallest absolute Gasteiger partial charge is 0.134 e. The van der Waals surface area contributed by atoms with Gasteiger partial charge >= 0.3 is 0 Å². The molecule has 2 heteroatoms. The molecule has 0 aliphatic carbocycles. The van der Waals surface area contributed by atoms with E-state index < -0.39 is 0 Å². The van der Waals surface area contributed by atoms with Gasteiger partial charge in [0.15, 0.2) is 0 Å². The van der Waals surface area contributed by atoms with E-state index in [2.05, 4.69) is 44.8 Å². The number of fused-ring (bicyclic) bond motifs is 1. The van der Waals surface area contributed by atoms with E-state index in [0.29, 0.717) is 6.04 Å². The Kier molecular flexibility index (Phi) is 4.43. The second kappa shape index (κ2) is 6.07. The molecular weight excluding hydrogens is 234 g/mol. The van der Waals surface area contributed by atoms with E-state index in [1.807, 2.05) is 18.2 Å². The molecule has 0 spiro atoms.